The highest BCUT2D eigenvalue weighted by Crippen LogP contribution is 2.27. The third-order valence-corrected chi connectivity index (χ3v) is 2.60. The molecular weight excluding hydrogens is 194 g/mol. The van der Waals surface area contributed by atoms with E-state index in [4.69, 9.17) is 4.74 Å². The van der Waals surface area contributed by atoms with Crippen LogP contribution in [0.1, 0.15) is 11.1 Å². The summed E-state index contributed by atoms with van der Waals surface area (Å²) in [5.41, 5.74) is 4.16. The van der Waals surface area contributed by atoms with Crippen LogP contribution in [0, 0.1) is 13.8 Å². The van der Waals surface area contributed by atoms with Gasteiger partial charge in [0.25, 0.3) is 0 Å². The minimum atomic E-state index is 0.831. The highest BCUT2D eigenvalue weighted by molar-refractivity contribution is 7.11. The topological polar surface area (TPSA) is 22.1 Å². The molecule has 0 amide bonds. The van der Waals surface area contributed by atoms with Gasteiger partial charge in [0.2, 0.25) is 5.06 Å². The third-order valence-electron chi connectivity index (χ3n) is 1.95. The van der Waals surface area contributed by atoms with E-state index in [0.717, 1.165) is 16.4 Å². The Bertz CT molecular complexity index is 423. The van der Waals surface area contributed by atoms with E-state index in [2.05, 4.69) is 18.0 Å². The van der Waals surface area contributed by atoms with Crippen molar-refractivity contribution in [2.24, 2.45) is 0 Å². The van der Waals surface area contributed by atoms with Crippen LogP contribution in [-0.4, -0.2) is 4.98 Å². The third kappa shape index (κ3) is 1.93. The van der Waals surface area contributed by atoms with Gasteiger partial charge in [-0.2, -0.15) is 0 Å². The summed E-state index contributed by atoms with van der Waals surface area (Å²) in [6.07, 6.45) is 1.73. The molecule has 3 heteroatoms. The Kier molecular flexibility index (Phi) is 2.50. The lowest BCUT2D eigenvalue weighted by Gasteiger charge is -2.06. The van der Waals surface area contributed by atoms with Crippen LogP contribution in [0.15, 0.2) is 29.9 Å². The molecule has 2 aromatic rings. The highest BCUT2D eigenvalue weighted by Gasteiger charge is 2.01. The second kappa shape index (κ2) is 3.80. The lowest BCUT2D eigenvalue weighted by molar-refractivity contribution is 0.491. The number of nitrogens with zero attached hydrogens (tertiary/aromatic N) is 1. The molecule has 0 saturated heterocycles. The number of hydrogen-bond donors (Lipinski definition) is 0. The van der Waals surface area contributed by atoms with Crippen molar-refractivity contribution in [3.05, 3.63) is 41.0 Å². The summed E-state index contributed by atoms with van der Waals surface area (Å²) in [4.78, 5) is 3.96. The summed E-state index contributed by atoms with van der Waals surface area (Å²) in [5.74, 6) is 0.903. The van der Waals surface area contributed by atoms with Crippen LogP contribution < -0.4 is 4.74 Å². The highest BCUT2D eigenvalue weighted by atomic mass is 32.1. The molecule has 1 aromatic carbocycles. The van der Waals surface area contributed by atoms with E-state index in [1.807, 2.05) is 19.1 Å². The van der Waals surface area contributed by atoms with Crippen molar-refractivity contribution in [1.29, 1.82) is 0 Å². The lowest BCUT2D eigenvalue weighted by atomic mass is 10.1. The largest absolute Gasteiger partial charge is 0.445 e. The van der Waals surface area contributed by atoms with Crippen molar-refractivity contribution < 1.29 is 4.74 Å². The molecule has 0 aliphatic heterocycles. The van der Waals surface area contributed by atoms with Gasteiger partial charge in [-0.1, -0.05) is 29.0 Å². The van der Waals surface area contributed by atoms with E-state index in [0.29, 0.717) is 0 Å². The predicted octanol–water partition coefficient (Wildman–Crippen LogP) is 3.55. The number of ether oxygens (including phenoxy) is 1. The van der Waals surface area contributed by atoms with Crippen molar-refractivity contribution in [3.8, 4) is 10.8 Å². The number of aromatic nitrogens is 1. The average Bonchev–Trinajstić information content (AvgIpc) is 2.62. The molecule has 0 N–H and O–H groups in total. The first kappa shape index (κ1) is 9.21. The van der Waals surface area contributed by atoms with E-state index >= 15 is 0 Å². The molecule has 72 valence electrons. The van der Waals surface area contributed by atoms with Gasteiger partial charge in [0.15, 0.2) is 0 Å². The molecule has 0 saturated carbocycles. The van der Waals surface area contributed by atoms with Gasteiger partial charge in [-0.3, -0.25) is 0 Å². The zero-order chi connectivity index (χ0) is 9.97. The summed E-state index contributed by atoms with van der Waals surface area (Å²) in [6, 6.07) is 6.14. The van der Waals surface area contributed by atoms with Gasteiger partial charge in [-0.15, -0.1) is 0 Å². The van der Waals surface area contributed by atoms with Gasteiger partial charge in [0.1, 0.15) is 5.75 Å². The molecule has 1 aromatic heterocycles. The van der Waals surface area contributed by atoms with Crippen LogP contribution in [0.2, 0.25) is 0 Å². The smallest absolute Gasteiger partial charge is 0.200 e. The number of thiazole rings is 1. The van der Waals surface area contributed by atoms with Crippen molar-refractivity contribution >= 4 is 11.3 Å². The quantitative estimate of drug-likeness (QED) is 0.748. The normalized spacial score (nSPS) is 10.1. The van der Waals surface area contributed by atoms with E-state index in [1.54, 1.807) is 11.7 Å². The van der Waals surface area contributed by atoms with Gasteiger partial charge < -0.3 is 4.74 Å². The average molecular weight is 205 g/mol. The lowest BCUT2D eigenvalue weighted by Crippen LogP contribution is -1.85. The zero-order valence-electron chi connectivity index (χ0n) is 8.15. The Morgan fingerprint density at radius 3 is 2.79 bits per heavy atom. The van der Waals surface area contributed by atoms with Crippen LogP contribution in [-0.2, 0) is 0 Å². The minimum absolute atomic E-state index is 0.831. The number of benzene rings is 1. The molecule has 0 spiro atoms. The molecule has 2 rings (SSSR count). The van der Waals surface area contributed by atoms with E-state index in [1.165, 1.54) is 16.9 Å². The predicted molar refractivity (Wildman–Crippen MR) is 58.1 cm³/mol. The van der Waals surface area contributed by atoms with E-state index < -0.39 is 0 Å². The van der Waals surface area contributed by atoms with Crippen LogP contribution in [0.3, 0.4) is 0 Å². The molecule has 0 aliphatic carbocycles. The van der Waals surface area contributed by atoms with E-state index in [9.17, 15) is 0 Å². The maximum absolute atomic E-state index is 5.66. The van der Waals surface area contributed by atoms with Gasteiger partial charge in [0, 0.05) is 0 Å². The van der Waals surface area contributed by atoms with Crippen LogP contribution in [0.5, 0.6) is 10.8 Å². The second-order valence-corrected chi connectivity index (χ2v) is 4.04. The first-order valence-electron chi connectivity index (χ1n) is 4.39. The van der Waals surface area contributed by atoms with Crippen molar-refractivity contribution in [1.82, 2.24) is 4.98 Å². The molecule has 0 unspecified atom stereocenters. The molecular formula is C11H11NOS. The fraction of sp³-hybridized carbons (Fsp3) is 0.182. The minimum Gasteiger partial charge on any atom is -0.445 e. The maximum atomic E-state index is 5.66. The monoisotopic (exact) mass is 205 g/mol. The Labute approximate surface area is 87.2 Å². The van der Waals surface area contributed by atoms with Crippen molar-refractivity contribution in [3.63, 3.8) is 0 Å². The summed E-state index contributed by atoms with van der Waals surface area (Å²) in [5, 5.41) is 0.831. The van der Waals surface area contributed by atoms with Gasteiger partial charge in [-0.05, 0) is 25.5 Å². The number of rotatable bonds is 2. The summed E-state index contributed by atoms with van der Waals surface area (Å²) < 4.78 is 5.66. The fourth-order valence-corrected chi connectivity index (χ4v) is 1.76. The molecule has 0 fully saturated rings. The van der Waals surface area contributed by atoms with Crippen molar-refractivity contribution in [2.75, 3.05) is 0 Å². The molecule has 0 aliphatic rings. The first-order valence-corrected chi connectivity index (χ1v) is 5.27. The van der Waals surface area contributed by atoms with Gasteiger partial charge >= 0.3 is 0 Å². The Balaban J connectivity index is 2.25. The van der Waals surface area contributed by atoms with Crippen LogP contribution in [0.25, 0.3) is 0 Å². The second-order valence-electron chi connectivity index (χ2n) is 3.19. The first-order chi connectivity index (χ1) is 6.75. The molecule has 0 bridgehead atoms. The summed E-state index contributed by atoms with van der Waals surface area (Å²) in [7, 11) is 0. The van der Waals surface area contributed by atoms with Gasteiger partial charge in [-0.25, -0.2) is 4.98 Å². The molecule has 14 heavy (non-hydrogen) atoms. The van der Waals surface area contributed by atoms with Crippen LogP contribution in [0.4, 0.5) is 0 Å². The Hall–Kier alpha value is -1.35. The summed E-state index contributed by atoms with van der Waals surface area (Å²) in [6.45, 7) is 4.12. The molecule has 0 atom stereocenters. The van der Waals surface area contributed by atoms with Crippen molar-refractivity contribution in [2.45, 2.75) is 13.8 Å². The Morgan fingerprint density at radius 1 is 1.29 bits per heavy atom. The van der Waals surface area contributed by atoms with Gasteiger partial charge in [0.05, 0.1) is 11.7 Å². The zero-order valence-corrected chi connectivity index (χ0v) is 8.97. The standard InChI is InChI=1S/C11H11NOS/c1-8-3-4-10(9(2)5-8)13-11-6-12-7-14-11/h3-7H,1-2H3. The number of hydrogen-bond acceptors (Lipinski definition) is 3. The molecule has 2 nitrogen and oxygen atoms in total. The maximum Gasteiger partial charge on any atom is 0.200 e. The van der Waals surface area contributed by atoms with E-state index in [-0.39, 0.29) is 0 Å². The molecule has 0 radical (unpaired) electrons. The fourth-order valence-electron chi connectivity index (χ4n) is 1.28. The SMILES string of the molecule is Cc1ccc(Oc2cncs2)c(C)c1. The molecule has 1 heterocycles. The van der Waals surface area contributed by atoms with Crippen LogP contribution >= 0.6 is 11.3 Å². The Morgan fingerprint density at radius 2 is 2.14 bits per heavy atom. The number of aryl methyl sites for hydroxylation is 2. The summed E-state index contributed by atoms with van der Waals surface area (Å²) >= 11 is 1.50.